The average Bonchev–Trinajstić information content (AvgIpc) is 3.34. The fraction of sp³-hybridized carbons (Fsp3) is 0.217. The number of aromatic nitrogens is 2. The standard InChI is InChI=1S/C23H20ClN5O3S2/c1-28(2)23(30)18-8-7-16(13-19(18)24)22-27-26-21(33-22)15-9-11-29(12-10-15)34(31,32)20-6-4-3-5-17(20)14-25/h3-9,13H,10-12H2,1-2H3. The maximum atomic E-state index is 13.0. The monoisotopic (exact) mass is 513 g/mol. The highest BCUT2D eigenvalue weighted by Gasteiger charge is 2.29. The van der Waals surface area contributed by atoms with Gasteiger partial charge in [-0.05, 0) is 36.3 Å². The lowest BCUT2D eigenvalue weighted by Crippen LogP contribution is -2.35. The van der Waals surface area contributed by atoms with E-state index in [1.165, 1.54) is 32.7 Å². The Bertz CT molecular complexity index is 1440. The van der Waals surface area contributed by atoms with E-state index in [1.54, 1.807) is 44.4 Å². The van der Waals surface area contributed by atoms with Crippen LogP contribution in [0.1, 0.15) is 27.3 Å². The third-order valence-corrected chi connectivity index (χ3v) is 8.63. The van der Waals surface area contributed by atoms with E-state index in [1.807, 2.05) is 12.1 Å². The number of halogens is 1. The minimum absolute atomic E-state index is 0.0145. The van der Waals surface area contributed by atoms with Gasteiger partial charge >= 0.3 is 0 Å². The number of sulfonamides is 1. The summed E-state index contributed by atoms with van der Waals surface area (Å²) >= 11 is 7.70. The summed E-state index contributed by atoms with van der Waals surface area (Å²) in [6.07, 6.45) is 2.30. The summed E-state index contributed by atoms with van der Waals surface area (Å²) in [5.41, 5.74) is 2.20. The molecule has 1 aliphatic heterocycles. The third-order valence-electron chi connectivity index (χ3n) is 5.35. The normalized spacial score (nSPS) is 14.4. The first kappa shape index (κ1) is 24.0. The van der Waals surface area contributed by atoms with Crippen molar-refractivity contribution in [3.05, 3.63) is 69.7 Å². The van der Waals surface area contributed by atoms with Crippen molar-refractivity contribution >= 4 is 44.4 Å². The predicted octanol–water partition coefficient (Wildman–Crippen LogP) is 3.91. The maximum Gasteiger partial charge on any atom is 0.254 e. The largest absolute Gasteiger partial charge is 0.345 e. The number of hydrogen-bond donors (Lipinski definition) is 0. The van der Waals surface area contributed by atoms with Crippen molar-refractivity contribution in [1.29, 1.82) is 5.26 Å². The summed E-state index contributed by atoms with van der Waals surface area (Å²) in [4.78, 5) is 13.7. The number of nitrogens with zero attached hydrogens (tertiary/aromatic N) is 5. The van der Waals surface area contributed by atoms with Crippen LogP contribution in [0.4, 0.5) is 0 Å². The zero-order valence-corrected chi connectivity index (χ0v) is 20.8. The lowest BCUT2D eigenvalue weighted by molar-refractivity contribution is 0.0828. The second kappa shape index (κ2) is 9.64. The highest BCUT2D eigenvalue weighted by Crippen LogP contribution is 2.33. The van der Waals surface area contributed by atoms with Gasteiger partial charge in [0.05, 0.1) is 21.0 Å². The molecule has 0 aliphatic carbocycles. The maximum absolute atomic E-state index is 13.0. The second-order valence-corrected chi connectivity index (χ2v) is 11.0. The first-order valence-electron chi connectivity index (χ1n) is 10.3. The van der Waals surface area contributed by atoms with E-state index in [9.17, 15) is 18.5 Å². The summed E-state index contributed by atoms with van der Waals surface area (Å²) in [6.45, 7) is 0.454. The van der Waals surface area contributed by atoms with Crippen LogP contribution in [0, 0.1) is 11.3 Å². The van der Waals surface area contributed by atoms with Gasteiger partial charge in [0.2, 0.25) is 10.0 Å². The zero-order chi connectivity index (χ0) is 24.5. The van der Waals surface area contributed by atoms with Gasteiger partial charge < -0.3 is 4.90 Å². The summed E-state index contributed by atoms with van der Waals surface area (Å²) in [7, 11) is -0.457. The van der Waals surface area contributed by atoms with Crippen LogP contribution in [0.5, 0.6) is 0 Å². The Morgan fingerprint density at radius 3 is 2.56 bits per heavy atom. The molecule has 2 heterocycles. The molecule has 11 heteroatoms. The fourth-order valence-electron chi connectivity index (χ4n) is 3.52. The van der Waals surface area contributed by atoms with Gasteiger partial charge in [-0.2, -0.15) is 9.57 Å². The molecule has 0 fully saturated rings. The van der Waals surface area contributed by atoms with Gasteiger partial charge in [0.25, 0.3) is 5.91 Å². The van der Waals surface area contributed by atoms with E-state index in [-0.39, 0.29) is 29.5 Å². The molecule has 1 aromatic heterocycles. The minimum atomic E-state index is -3.78. The molecule has 4 rings (SSSR count). The smallest absolute Gasteiger partial charge is 0.254 e. The van der Waals surface area contributed by atoms with E-state index >= 15 is 0 Å². The summed E-state index contributed by atoms with van der Waals surface area (Å²) < 4.78 is 27.4. The molecule has 34 heavy (non-hydrogen) atoms. The molecule has 0 N–H and O–H groups in total. The molecule has 3 aromatic rings. The molecule has 0 saturated heterocycles. The molecule has 1 aliphatic rings. The molecule has 0 spiro atoms. The van der Waals surface area contributed by atoms with Crippen molar-refractivity contribution in [2.24, 2.45) is 0 Å². The first-order valence-corrected chi connectivity index (χ1v) is 12.9. The Morgan fingerprint density at radius 1 is 1.18 bits per heavy atom. The van der Waals surface area contributed by atoms with Crippen LogP contribution in [0.3, 0.4) is 0 Å². The van der Waals surface area contributed by atoms with Gasteiger partial charge in [-0.3, -0.25) is 4.79 Å². The summed E-state index contributed by atoms with van der Waals surface area (Å²) in [5, 5.41) is 19.5. The number of amides is 1. The van der Waals surface area contributed by atoms with Crippen LogP contribution in [-0.2, 0) is 10.0 Å². The van der Waals surface area contributed by atoms with Gasteiger partial charge in [0.15, 0.2) is 0 Å². The molecule has 0 unspecified atom stereocenters. The van der Waals surface area contributed by atoms with Crippen LogP contribution in [0.2, 0.25) is 5.02 Å². The second-order valence-electron chi connectivity index (χ2n) is 7.76. The number of benzene rings is 2. The zero-order valence-electron chi connectivity index (χ0n) is 18.4. The number of carbonyl (C=O) groups is 1. The van der Waals surface area contributed by atoms with Crippen LogP contribution in [-0.4, -0.2) is 60.9 Å². The van der Waals surface area contributed by atoms with E-state index in [0.717, 1.165) is 11.1 Å². The Kier molecular flexibility index (Phi) is 6.81. The molecule has 8 nitrogen and oxygen atoms in total. The Labute approximate surface area is 206 Å². The number of nitriles is 1. The van der Waals surface area contributed by atoms with Crippen molar-refractivity contribution < 1.29 is 13.2 Å². The van der Waals surface area contributed by atoms with Crippen molar-refractivity contribution in [2.75, 3.05) is 27.2 Å². The Balaban J connectivity index is 1.53. The van der Waals surface area contributed by atoms with E-state index < -0.39 is 10.0 Å². The highest BCUT2D eigenvalue weighted by atomic mass is 35.5. The quantitative estimate of drug-likeness (QED) is 0.512. The third kappa shape index (κ3) is 4.60. The molecular formula is C23H20ClN5O3S2. The highest BCUT2D eigenvalue weighted by molar-refractivity contribution is 7.89. The lowest BCUT2D eigenvalue weighted by atomic mass is 10.1. The number of hydrogen-bond acceptors (Lipinski definition) is 7. The SMILES string of the molecule is CN(C)C(=O)c1ccc(-c2nnc(C3=CCN(S(=O)(=O)c4ccccc4C#N)CC3)s2)cc1Cl. The predicted molar refractivity (Wildman–Crippen MR) is 131 cm³/mol. The molecular weight excluding hydrogens is 494 g/mol. The van der Waals surface area contributed by atoms with Crippen molar-refractivity contribution in [3.8, 4) is 16.6 Å². The van der Waals surface area contributed by atoms with Crippen LogP contribution in [0.25, 0.3) is 16.1 Å². The topological polar surface area (TPSA) is 107 Å². The lowest BCUT2D eigenvalue weighted by Gasteiger charge is -2.25. The van der Waals surface area contributed by atoms with E-state index in [4.69, 9.17) is 11.6 Å². The molecule has 0 radical (unpaired) electrons. The van der Waals surface area contributed by atoms with E-state index in [2.05, 4.69) is 10.2 Å². The fourth-order valence-corrected chi connectivity index (χ4v) is 6.21. The Hall–Kier alpha value is -3.10. The number of rotatable bonds is 5. The van der Waals surface area contributed by atoms with Crippen molar-refractivity contribution in [3.63, 3.8) is 0 Å². The van der Waals surface area contributed by atoms with Gasteiger partial charge in [0, 0.05) is 32.7 Å². The van der Waals surface area contributed by atoms with Gasteiger partial charge in [-0.1, -0.05) is 47.2 Å². The molecule has 0 bridgehead atoms. The Morgan fingerprint density at radius 2 is 1.91 bits per heavy atom. The number of carbonyl (C=O) groups excluding carboxylic acids is 1. The van der Waals surface area contributed by atoms with Crippen LogP contribution >= 0.6 is 22.9 Å². The molecule has 1 amide bonds. The molecule has 2 aromatic carbocycles. The molecule has 174 valence electrons. The van der Waals surface area contributed by atoms with Crippen LogP contribution in [0.15, 0.2) is 53.4 Å². The van der Waals surface area contributed by atoms with Crippen molar-refractivity contribution in [2.45, 2.75) is 11.3 Å². The molecule has 0 saturated carbocycles. The van der Waals surface area contributed by atoms with Gasteiger partial charge in [0.1, 0.15) is 16.1 Å². The minimum Gasteiger partial charge on any atom is -0.345 e. The van der Waals surface area contributed by atoms with Crippen LogP contribution < -0.4 is 0 Å². The first-order chi connectivity index (χ1) is 16.2. The van der Waals surface area contributed by atoms with Gasteiger partial charge in [-0.25, -0.2) is 8.42 Å². The van der Waals surface area contributed by atoms with E-state index in [0.29, 0.717) is 27.0 Å². The average molecular weight is 514 g/mol. The van der Waals surface area contributed by atoms with Gasteiger partial charge in [-0.15, -0.1) is 10.2 Å². The summed E-state index contributed by atoms with van der Waals surface area (Å²) in [5.74, 6) is -0.182. The summed E-state index contributed by atoms with van der Waals surface area (Å²) in [6, 6.07) is 13.3. The van der Waals surface area contributed by atoms with Crippen molar-refractivity contribution in [1.82, 2.24) is 19.4 Å². The molecule has 0 atom stereocenters.